The highest BCUT2D eigenvalue weighted by molar-refractivity contribution is 7.98. The van der Waals surface area contributed by atoms with Crippen LogP contribution >= 0.6 is 11.8 Å². The fourth-order valence-corrected chi connectivity index (χ4v) is 2.37. The van der Waals surface area contributed by atoms with Crippen molar-refractivity contribution >= 4 is 23.5 Å². The summed E-state index contributed by atoms with van der Waals surface area (Å²) in [6, 6.07) is 15.7. The first-order valence-electron chi connectivity index (χ1n) is 5.17. The van der Waals surface area contributed by atoms with Crippen molar-refractivity contribution in [2.75, 3.05) is 6.26 Å². The number of isocyanates is 1. The van der Waals surface area contributed by atoms with Crippen LogP contribution in [-0.4, -0.2) is 12.3 Å². The van der Waals surface area contributed by atoms with Crippen LogP contribution in [0.3, 0.4) is 0 Å². The number of rotatable bonds is 3. The fourth-order valence-electron chi connectivity index (χ4n) is 1.73. The second-order valence-corrected chi connectivity index (χ2v) is 4.27. The lowest BCUT2D eigenvalue weighted by atomic mass is 10.0. The van der Waals surface area contributed by atoms with Crippen LogP contribution in [0.2, 0.25) is 0 Å². The van der Waals surface area contributed by atoms with Gasteiger partial charge in [0.05, 0.1) is 5.69 Å². The van der Waals surface area contributed by atoms with Gasteiger partial charge in [0.1, 0.15) is 0 Å². The highest BCUT2D eigenvalue weighted by Crippen LogP contribution is 2.37. The Balaban J connectivity index is 2.69. The van der Waals surface area contributed by atoms with Crippen LogP contribution in [0.15, 0.2) is 58.4 Å². The third-order valence-electron chi connectivity index (χ3n) is 2.45. The fraction of sp³-hybridized carbons (Fsp3) is 0.0714. The molecule has 0 N–H and O–H groups in total. The third-order valence-corrected chi connectivity index (χ3v) is 3.23. The topological polar surface area (TPSA) is 29.4 Å². The monoisotopic (exact) mass is 241 g/mol. The summed E-state index contributed by atoms with van der Waals surface area (Å²) in [5, 5.41) is 0. The van der Waals surface area contributed by atoms with Gasteiger partial charge in [0.25, 0.3) is 0 Å². The summed E-state index contributed by atoms with van der Waals surface area (Å²) < 4.78 is 0. The largest absolute Gasteiger partial charge is 0.240 e. The molecular formula is C14H11NOS. The molecule has 0 aliphatic carbocycles. The first-order valence-corrected chi connectivity index (χ1v) is 6.39. The number of hydrogen-bond donors (Lipinski definition) is 0. The van der Waals surface area contributed by atoms with Gasteiger partial charge in [0.2, 0.25) is 6.08 Å². The maximum atomic E-state index is 10.5. The van der Waals surface area contributed by atoms with E-state index in [0.717, 1.165) is 16.0 Å². The minimum Gasteiger partial charge on any atom is -0.211 e. The summed E-state index contributed by atoms with van der Waals surface area (Å²) >= 11 is 1.64. The Morgan fingerprint density at radius 1 is 1.06 bits per heavy atom. The average molecular weight is 241 g/mol. The van der Waals surface area contributed by atoms with E-state index < -0.39 is 0 Å². The van der Waals surface area contributed by atoms with Crippen LogP contribution in [-0.2, 0) is 4.79 Å². The van der Waals surface area contributed by atoms with Gasteiger partial charge >= 0.3 is 0 Å². The molecule has 0 unspecified atom stereocenters. The Morgan fingerprint density at radius 2 is 1.82 bits per heavy atom. The molecule has 0 aliphatic heterocycles. The SMILES string of the molecule is CSc1cccc(N=C=O)c1-c1ccccc1. The number of aliphatic imine (C=N–C) groups is 1. The van der Waals surface area contributed by atoms with Crippen molar-refractivity contribution in [2.45, 2.75) is 4.90 Å². The van der Waals surface area contributed by atoms with Gasteiger partial charge in [0.15, 0.2) is 0 Å². The van der Waals surface area contributed by atoms with Crippen LogP contribution in [0.4, 0.5) is 5.69 Å². The molecule has 0 saturated carbocycles. The van der Waals surface area contributed by atoms with Crippen molar-refractivity contribution in [3.05, 3.63) is 48.5 Å². The molecule has 3 heteroatoms. The van der Waals surface area contributed by atoms with E-state index in [1.165, 1.54) is 0 Å². The molecule has 0 atom stereocenters. The summed E-state index contributed by atoms with van der Waals surface area (Å²) in [4.78, 5) is 15.3. The summed E-state index contributed by atoms with van der Waals surface area (Å²) in [5.74, 6) is 0. The molecule has 0 heterocycles. The van der Waals surface area contributed by atoms with Crippen LogP contribution in [0.5, 0.6) is 0 Å². The maximum absolute atomic E-state index is 10.5. The van der Waals surface area contributed by atoms with Gasteiger partial charge in [0, 0.05) is 10.5 Å². The van der Waals surface area contributed by atoms with Crippen LogP contribution in [0, 0.1) is 0 Å². The van der Waals surface area contributed by atoms with E-state index in [1.807, 2.05) is 54.8 Å². The number of benzene rings is 2. The van der Waals surface area contributed by atoms with E-state index in [1.54, 1.807) is 17.8 Å². The molecule has 0 spiro atoms. The van der Waals surface area contributed by atoms with Gasteiger partial charge in [-0.2, -0.15) is 4.99 Å². The summed E-state index contributed by atoms with van der Waals surface area (Å²) in [5.41, 5.74) is 2.72. The predicted octanol–water partition coefficient (Wildman–Crippen LogP) is 4.04. The molecule has 17 heavy (non-hydrogen) atoms. The Morgan fingerprint density at radius 3 is 2.47 bits per heavy atom. The molecule has 0 fully saturated rings. The smallest absolute Gasteiger partial charge is 0.211 e. The molecule has 0 aliphatic rings. The Labute approximate surface area is 104 Å². The van der Waals surface area contributed by atoms with Crippen molar-refractivity contribution in [3.8, 4) is 11.1 Å². The zero-order valence-electron chi connectivity index (χ0n) is 9.38. The molecule has 0 radical (unpaired) electrons. The highest BCUT2D eigenvalue weighted by Gasteiger charge is 2.09. The summed E-state index contributed by atoms with van der Waals surface area (Å²) in [6.45, 7) is 0. The van der Waals surface area contributed by atoms with Gasteiger partial charge < -0.3 is 0 Å². The Hall–Kier alpha value is -1.83. The second kappa shape index (κ2) is 5.48. The van der Waals surface area contributed by atoms with E-state index in [0.29, 0.717) is 5.69 Å². The lowest BCUT2D eigenvalue weighted by Crippen LogP contribution is -1.83. The Kier molecular flexibility index (Phi) is 3.76. The third kappa shape index (κ3) is 2.47. The molecule has 2 nitrogen and oxygen atoms in total. The molecule has 0 saturated heterocycles. The molecule has 2 rings (SSSR count). The van der Waals surface area contributed by atoms with Crippen molar-refractivity contribution in [1.29, 1.82) is 0 Å². The first kappa shape index (κ1) is 11.6. The standard InChI is InChI=1S/C14H11NOS/c1-17-13-9-5-8-12(15-10-16)14(13)11-6-3-2-4-7-11/h2-9H,1H3. The van der Waals surface area contributed by atoms with Crippen molar-refractivity contribution in [2.24, 2.45) is 4.99 Å². The minimum absolute atomic E-state index is 0.665. The lowest BCUT2D eigenvalue weighted by Gasteiger charge is -2.09. The zero-order chi connectivity index (χ0) is 12.1. The second-order valence-electron chi connectivity index (χ2n) is 3.42. The highest BCUT2D eigenvalue weighted by atomic mass is 32.2. The van der Waals surface area contributed by atoms with Crippen molar-refractivity contribution in [1.82, 2.24) is 0 Å². The number of nitrogens with zero attached hydrogens (tertiary/aromatic N) is 1. The van der Waals surface area contributed by atoms with E-state index in [9.17, 15) is 4.79 Å². The van der Waals surface area contributed by atoms with E-state index >= 15 is 0 Å². The van der Waals surface area contributed by atoms with Gasteiger partial charge in [-0.15, -0.1) is 11.8 Å². The van der Waals surface area contributed by atoms with Crippen LogP contribution in [0.25, 0.3) is 11.1 Å². The van der Waals surface area contributed by atoms with Gasteiger partial charge in [-0.25, -0.2) is 4.79 Å². The number of thioether (sulfide) groups is 1. The lowest BCUT2D eigenvalue weighted by molar-refractivity contribution is 0.565. The van der Waals surface area contributed by atoms with Gasteiger partial charge in [-0.1, -0.05) is 36.4 Å². The summed E-state index contributed by atoms with van der Waals surface area (Å²) in [7, 11) is 0. The molecule has 2 aromatic carbocycles. The zero-order valence-corrected chi connectivity index (χ0v) is 10.2. The Bertz CT molecular complexity index is 560. The molecular weight excluding hydrogens is 230 g/mol. The van der Waals surface area contributed by atoms with E-state index in [2.05, 4.69) is 4.99 Å². The number of carbonyl (C=O) groups excluding carboxylic acids is 1. The molecule has 0 bridgehead atoms. The van der Waals surface area contributed by atoms with Gasteiger partial charge in [-0.05, 0) is 24.0 Å². The number of hydrogen-bond acceptors (Lipinski definition) is 3. The van der Waals surface area contributed by atoms with Crippen LogP contribution in [0.1, 0.15) is 0 Å². The average Bonchev–Trinajstić information content (AvgIpc) is 2.40. The molecule has 0 aromatic heterocycles. The normalized spacial score (nSPS) is 9.71. The maximum Gasteiger partial charge on any atom is 0.240 e. The molecule has 0 amide bonds. The quantitative estimate of drug-likeness (QED) is 0.461. The van der Waals surface area contributed by atoms with E-state index in [4.69, 9.17) is 0 Å². The minimum atomic E-state index is 0.665. The predicted molar refractivity (Wildman–Crippen MR) is 71.4 cm³/mol. The van der Waals surface area contributed by atoms with Crippen molar-refractivity contribution < 1.29 is 4.79 Å². The molecule has 2 aromatic rings. The van der Waals surface area contributed by atoms with Crippen LogP contribution < -0.4 is 0 Å². The van der Waals surface area contributed by atoms with E-state index in [-0.39, 0.29) is 0 Å². The summed E-state index contributed by atoms with van der Waals surface area (Å²) in [6.07, 6.45) is 3.62. The molecule has 84 valence electrons. The van der Waals surface area contributed by atoms with Gasteiger partial charge in [-0.3, -0.25) is 0 Å². The van der Waals surface area contributed by atoms with Crippen molar-refractivity contribution in [3.63, 3.8) is 0 Å². The first-order chi connectivity index (χ1) is 8.36.